The number of amides is 1. The fourth-order valence-electron chi connectivity index (χ4n) is 3.08. The Hall–Kier alpha value is -3.18. The van der Waals surface area contributed by atoms with Crippen LogP contribution in [0.5, 0.6) is 5.75 Å². The molecule has 0 saturated heterocycles. The van der Waals surface area contributed by atoms with Crippen LogP contribution in [-0.4, -0.2) is 43.0 Å². The van der Waals surface area contributed by atoms with Crippen LogP contribution in [0.15, 0.2) is 73.1 Å². The minimum absolute atomic E-state index is 0.00145. The van der Waals surface area contributed by atoms with Crippen LogP contribution in [0.1, 0.15) is 11.1 Å². The predicted molar refractivity (Wildman–Crippen MR) is 116 cm³/mol. The number of benzene rings is 2. The molecule has 0 spiro atoms. The first-order valence-electron chi connectivity index (χ1n) is 9.73. The number of aromatic nitrogens is 1. The summed E-state index contributed by atoms with van der Waals surface area (Å²) in [5, 5.41) is 2.92. The molecule has 0 atom stereocenters. The van der Waals surface area contributed by atoms with Crippen LogP contribution >= 0.6 is 0 Å². The maximum absolute atomic E-state index is 12.2. The molecule has 150 valence electrons. The number of carbonyl (C=O) groups is 1. The molecule has 29 heavy (non-hydrogen) atoms. The van der Waals surface area contributed by atoms with E-state index in [0.717, 1.165) is 35.4 Å². The molecule has 0 fully saturated rings. The fraction of sp³-hybridized carbons (Fsp3) is 0.250. The van der Waals surface area contributed by atoms with Crippen LogP contribution in [-0.2, 0) is 17.8 Å². The number of nitrogens with one attached hydrogen (secondary N) is 1. The normalized spacial score (nSPS) is 10.7. The summed E-state index contributed by atoms with van der Waals surface area (Å²) < 4.78 is 5.84. The van der Waals surface area contributed by atoms with Gasteiger partial charge in [-0.25, -0.2) is 0 Å². The van der Waals surface area contributed by atoms with Crippen molar-refractivity contribution in [2.24, 2.45) is 0 Å². The minimum Gasteiger partial charge on any atom is -0.483 e. The number of pyridine rings is 1. The van der Waals surface area contributed by atoms with Gasteiger partial charge in [0.1, 0.15) is 5.75 Å². The second-order valence-corrected chi connectivity index (χ2v) is 7.18. The molecular weight excluding hydrogens is 362 g/mol. The summed E-state index contributed by atoms with van der Waals surface area (Å²) in [6, 6.07) is 20.1. The predicted octanol–water partition coefficient (Wildman–Crippen LogP) is 3.55. The first-order chi connectivity index (χ1) is 14.1. The van der Waals surface area contributed by atoms with Crippen LogP contribution < -0.4 is 10.1 Å². The van der Waals surface area contributed by atoms with Gasteiger partial charge in [-0.3, -0.25) is 9.78 Å². The van der Waals surface area contributed by atoms with Gasteiger partial charge in [-0.15, -0.1) is 0 Å². The molecular formula is C24H27N3O2. The molecule has 1 aromatic heterocycles. The third kappa shape index (κ3) is 6.43. The molecule has 3 rings (SSSR count). The molecule has 1 heterocycles. The average Bonchev–Trinajstić information content (AvgIpc) is 2.74. The molecule has 0 aliphatic rings. The highest BCUT2D eigenvalue weighted by atomic mass is 16.5. The van der Waals surface area contributed by atoms with Crippen LogP contribution in [0, 0.1) is 0 Å². The Morgan fingerprint density at radius 3 is 2.59 bits per heavy atom. The van der Waals surface area contributed by atoms with Gasteiger partial charge >= 0.3 is 0 Å². The van der Waals surface area contributed by atoms with Gasteiger partial charge in [0.25, 0.3) is 5.91 Å². The highest BCUT2D eigenvalue weighted by Crippen LogP contribution is 2.27. The van der Waals surface area contributed by atoms with Gasteiger partial charge in [-0.05, 0) is 49.8 Å². The molecule has 0 bridgehead atoms. The van der Waals surface area contributed by atoms with E-state index in [1.165, 1.54) is 5.56 Å². The van der Waals surface area contributed by atoms with Crippen molar-refractivity contribution >= 4 is 5.91 Å². The van der Waals surface area contributed by atoms with E-state index >= 15 is 0 Å². The third-order valence-corrected chi connectivity index (χ3v) is 4.48. The monoisotopic (exact) mass is 389 g/mol. The number of hydrogen-bond acceptors (Lipinski definition) is 4. The number of rotatable bonds is 9. The molecule has 5 nitrogen and oxygen atoms in total. The first-order valence-corrected chi connectivity index (χ1v) is 9.73. The summed E-state index contributed by atoms with van der Waals surface area (Å²) in [6.45, 7) is 1.32. The van der Waals surface area contributed by atoms with Crippen molar-refractivity contribution < 1.29 is 9.53 Å². The Balaban J connectivity index is 1.59. The standard InChI is InChI=1S/C24H27N3O2/c1-27(2)17-22-15-20(21-9-6-13-25-16-21)10-11-23(22)29-18-24(28)26-14-12-19-7-4-3-5-8-19/h3-11,13,15-16H,12,14,17-18H2,1-2H3,(H,26,28). The van der Waals surface area contributed by atoms with Gasteiger partial charge in [0, 0.05) is 36.6 Å². The minimum atomic E-state index is -0.118. The molecule has 5 heteroatoms. The van der Waals surface area contributed by atoms with Crippen molar-refractivity contribution in [3.8, 4) is 16.9 Å². The molecule has 0 saturated carbocycles. The largest absolute Gasteiger partial charge is 0.483 e. The average molecular weight is 389 g/mol. The summed E-state index contributed by atoms with van der Waals surface area (Å²) in [4.78, 5) is 18.4. The zero-order chi connectivity index (χ0) is 20.5. The molecule has 0 radical (unpaired) electrons. The maximum atomic E-state index is 12.2. The fourth-order valence-corrected chi connectivity index (χ4v) is 3.08. The van der Waals surface area contributed by atoms with Gasteiger partial charge in [-0.1, -0.05) is 42.5 Å². The Morgan fingerprint density at radius 1 is 1.03 bits per heavy atom. The summed E-state index contributed by atoms with van der Waals surface area (Å²) in [5.41, 5.74) is 4.37. The molecule has 1 amide bonds. The molecule has 0 aliphatic heterocycles. The lowest BCUT2D eigenvalue weighted by Gasteiger charge is -2.16. The van der Waals surface area contributed by atoms with E-state index in [0.29, 0.717) is 6.54 Å². The second-order valence-electron chi connectivity index (χ2n) is 7.18. The highest BCUT2D eigenvalue weighted by Gasteiger charge is 2.10. The van der Waals surface area contributed by atoms with Gasteiger partial charge in [0.05, 0.1) is 0 Å². The van der Waals surface area contributed by atoms with E-state index in [1.54, 1.807) is 6.20 Å². The van der Waals surface area contributed by atoms with Crippen LogP contribution in [0.25, 0.3) is 11.1 Å². The zero-order valence-corrected chi connectivity index (χ0v) is 17.0. The van der Waals surface area contributed by atoms with Gasteiger partial charge in [0.15, 0.2) is 6.61 Å². The van der Waals surface area contributed by atoms with E-state index in [1.807, 2.05) is 62.8 Å². The van der Waals surface area contributed by atoms with Gasteiger partial charge in [-0.2, -0.15) is 0 Å². The first kappa shape index (κ1) is 20.6. The van der Waals surface area contributed by atoms with Crippen LogP contribution in [0.2, 0.25) is 0 Å². The van der Waals surface area contributed by atoms with Crippen molar-refractivity contribution in [3.63, 3.8) is 0 Å². The van der Waals surface area contributed by atoms with E-state index < -0.39 is 0 Å². The van der Waals surface area contributed by atoms with Crippen molar-refractivity contribution in [3.05, 3.63) is 84.2 Å². The second kappa shape index (κ2) is 10.4. The van der Waals surface area contributed by atoms with Crippen LogP contribution in [0.3, 0.4) is 0 Å². The quantitative estimate of drug-likeness (QED) is 0.608. The SMILES string of the molecule is CN(C)Cc1cc(-c2cccnc2)ccc1OCC(=O)NCCc1ccccc1. The van der Waals surface area contributed by atoms with E-state index in [2.05, 4.69) is 33.4 Å². The molecule has 1 N–H and O–H groups in total. The molecule has 0 aliphatic carbocycles. The molecule has 3 aromatic rings. The summed E-state index contributed by atoms with van der Waals surface area (Å²) in [7, 11) is 4.02. The van der Waals surface area contributed by atoms with Crippen LogP contribution in [0.4, 0.5) is 0 Å². The van der Waals surface area contributed by atoms with Crippen molar-refractivity contribution in [2.75, 3.05) is 27.2 Å². The lowest BCUT2D eigenvalue weighted by Crippen LogP contribution is -2.30. The van der Waals surface area contributed by atoms with E-state index in [-0.39, 0.29) is 12.5 Å². The topological polar surface area (TPSA) is 54.5 Å². The Kier molecular flexibility index (Phi) is 7.36. The smallest absolute Gasteiger partial charge is 0.257 e. The summed E-state index contributed by atoms with van der Waals surface area (Å²) >= 11 is 0. The Morgan fingerprint density at radius 2 is 1.86 bits per heavy atom. The molecule has 2 aromatic carbocycles. The zero-order valence-electron chi connectivity index (χ0n) is 17.0. The number of ether oxygens (including phenoxy) is 1. The third-order valence-electron chi connectivity index (χ3n) is 4.48. The van der Waals surface area contributed by atoms with Crippen molar-refractivity contribution in [1.82, 2.24) is 15.2 Å². The summed E-state index contributed by atoms with van der Waals surface area (Å²) in [5.74, 6) is 0.609. The number of nitrogens with zero attached hydrogens (tertiary/aromatic N) is 2. The van der Waals surface area contributed by atoms with E-state index in [9.17, 15) is 4.79 Å². The highest BCUT2D eigenvalue weighted by molar-refractivity contribution is 5.77. The lowest BCUT2D eigenvalue weighted by atomic mass is 10.0. The number of carbonyl (C=O) groups excluding carboxylic acids is 1. The maximum Gasteiger partial charge on any atom is 0.257 e. The van der Waals surface area contributed by atoms with Gasteiger partial charge in [0.2, 0.25) is 0 Å². The Labute approximate surface area is 172 Å². The molecule has 0 unspecified atom stereocenters. The van der Waals surface area contributed by atoms with E-state index in [4.69, 9.17) is 4.74 Å². The van der Waals surface area contributed by atoms with Crippen molar-refractivity contribution in [1.29, 1.82) is 0 Å². The summed E-state index contributed by atoms with van der Waals surface area (Å²) in [6.07, 6.45) is 4.41. The van der Waals surface area contributed by atoms with Gasteiger partial charge < -0.3 is 15.0 Å². The number of hydrogen-bond donors (Lipinski definition) is 1. The lowest BCUT2D eigenvalue weighted by molar-refractivity contribution is -0.123. The Bertz CT molecular complexity index is 912. The van der Waals surface area contributed by atoms with Crippen molar-refractivity contribution in [2.45, 2.75) is 13.0 Å².